The Labute approximate surface area is 116 Å². The van der Waals surface area contributed by atoms with Crippen molar-refractivity contribution in [1.82, 2.24) is 4.98 Å². The van der Waals surface area contributed by atoms with Gasteiger partial charge >= 0.3 is 0 Å². The van der Waals surface area contributed by atoms with Gasteiger partial charge in [-0.1, -0.05) is 12.1 Å². The molecule has 0 fully saturated rings. The summed E-state index contributed by atoms with van der Waals surface area (Å²) >= 11 is 0. The second-order valence-electron chi connectivity index (χ2n) is 4.77. The molecule has 0 unspecified atom stereocenters. The van der Waals surface area contributed by atoms with Crippen LogP contribution in [0.25, 0.3) is 11.3 Å². The topological polar surface area (TPSA) is 91.2 Å². The van der Waals surface area contributed by atoms with E-state index in [1.807, 2.05) is 18.2 Å². The maximum Gasteiger partial charge on any atom is 0.250 e. The Kier molecular flexibility index (Phi) is 3.12. The third kappa shape index (κ3) is 2.12. The third-order valence-electron chi connectivity index (χ3n) is 3.42. The molecular formula is C15H15N3O2. The van der Waals surface area contributed by atoms with Gasteiger partial charge in [0, 0.05) is 24.7 Å². The number of hydrogen-bond acceptors (Lipinski definition) is 4. The van der Waals surface area contributed by atoms with E-state index in [9.17, 15) is 4.79 Å². The summed E-state index contributed by atoms with van der Waals surface area (Å²) in [5, 5.41) is 0. The van der Waals surface area contributed by atoms with Crippen LogP contribution in [0.3, 0.4) is 0 Å². The molecule has 2 aromatic rings. The molecule has 1 aliphatic rings. The van der Waals surface area contributed by atoms with E-state index in [1.165, 1.54) is 6.20 Å². The van der Waals surface area contributed by atoms with Gasteiger partial charge in [0.2, 0.25) is 5.91 Å². The number of nitrogens with two attached hydrogens (primary N) is 2. The largest absolute Gasteiger partial charge is 0.488 e. The molecule has 1 amide bonds. The molecule has 0 saturated carbocycles. The highest BCUT2D eigenvalue weighted by molar-refractivity contribution is 5.92. The average molecular weight is 269 g/mol. The van der Waals surface area contributed by atoms with Gasteiger partial charge < -0.3 is 16.2 Å². The number of carbonyl (C=O) groups is 1. The van der Waals surface area contributed by atoms with Crippen LogP contribution in [0.1, 0.15) is 15.9 Å². The van der Waals surface area contributed by atoms with E-state index in [0.29, 0.717) is 12.1 Å². The Balaban J connectivity index is 2.00. The zero-order valence-corrected chi connectivity index (χ0v) is 10.9. The van der Waals surface area contributed by atoms with Crippen LogP contribution in [0.2, 0.25) is 0 Å². The fourth-order valence-corrected chi connectivity index (χ4v) is 2.37. The molecule has 0 radical (unpaired) electrons. The lowest BCUT2D eigenvalue weighted by Crippen LogP contribution is -2.24. The van der Waals surface area contributed by atoms with Gasteiger partial charge in [0.25, 0.3) is 0 Å². The molecule has 0 saturated heterocycles. The number of fused-ring (bicyclic) bond motifs is 1. The minimum absolute atomic E-state index is 0.0241. The van der Waals surface area contributed by atoms with Crippen LogP contribution >= 0.6 is 0 Å². The first kappa shape index (κ1) is 12.6. The highest BCUT2D eigenvalue weighted by Gasteiger charge is 2.24. The summed E-state index contributed by atoms with van der Waals surface area (Å²) in [5.41, 5.74) is 14.1. The molecule has 1 aromatic heterocycles. The van der Waals surface area contributed by atoms with Crippen LogP contribution in [0.4, 0.5) is 0 Å². The first-order chi connectivity index (χ1) is 9.69. The van der Waals surface area contributed by atoms with Crippen LogP contribution in [0.15, 0.2) is 36.5 Å². The van der Waals surface area contributed by atoms with Crippen LogP contribution < -0.4 is 16.2 Å². The van der Waals surface area contributed by atoms with Gasteiger partial charge in [0.1, 0.15) is 11.9 Å². The molecule has 0 aliphatic carbocycles. The number of para-hydroxylation sites is 1. The van der Waals surface area contributed by atoms with Gasteiger partial charge in [0.15, 0.2) is 0 Å². The number of amides is 1. The Morgan fingerprint density at radius 1 is 1.35 bits per heavy atom. The molecule has 3 rings (SSSR count). The summed E-state index contributed by atoms with van der Waals surface area (Å²) in [6, 6.07) is 9.39. The number of carbonyl (C=O) groups excluding carboxylic acids is 1. The van der Waals surface area contributed by atoms with Gasteiger partial charge in [-0.15, -0.1) is 0 Å². The van der Waals surface area contributed by atoms with E-state index in [-0.39, 0.29) is 6.10 Å². The number of aromatic nitrogens is 1. The van der Waals surface area contributed by atoms with Gasteiger partial charge in [-0.3, -0.25) is 9.78 Å². The quantitative estimate of drug-likeness (QED) is 0.873. The molecule has 0 bridgehead atoms. The van der Waals surface area contributed by atoms with Crippen molar-refractivity contribution in [2.24, 2.45) is 11.5 Å². The van der Waals surface area contributed by atoms with Crippen molar-refractivity contribution >= 4 is 5.91 Å². The van der Waals surface area contributed by atoms with E-state index in [0.717, 1.165) is 29.0 Å². The molecule has 1 aromatic carbocycles. The molecule has 4 N–H and O–H groups in total. The zero-order valence-electron chi connectivity index (χ0n) is 10.9. The smallest absolute Gasteiger partial charge is 0.250 e. The second kappa shape index (κ2) is 4.94. The highest BCUT2D eigenvalue weighted by Crippen LogP contribution is 2.37. The van der Waals surface area contributed by atoms with Crippen molar-refractivity contribution in [3.63, 3.8) is 0 Å². The zero-order chi connectivity index (χ0) is 14.1. The fraction of sp³-hybridized carbons (Fsp3) is 0.200. The van der Waals surface area contributed by atoms with E-state index in [2.05, 4.69) is 4.98 Å². The van der Waals surface area contributed by atoms with Crippen molar-refractivity contribution in [2.45, 2.75) is 12.5 Å². The number of nitrogens with zero attached hydrogens (tertiary/aromatic N) is 1. The number of ether oxygens (including phenoxy) is 1. The molecule has 102 valence electrons. The number of hydrogen-bond donors (Lipinski definition) is 2. The lowest BCUT2D eigenvalue weighted by molar-refractivity contribution is 0.1000. The van der Waals surface area contributed by atoms with Crippen molar-refractivity contribution in [3.05, 3.63) is 47.7 Å². The maximum atomic E-state index is 11.1. The minimum Gasteiger partial charge on any atom is -0.488 e. The molecule has 20 heavy (non-hydrogen) atoms. The first-order valence-corrected chi connectivity index (χ1v) is 6.44. The van der Waals surface area contributed by atoms with Crippen LogP contribution in [0, 0.1) is 0 Å². The van der Waals surface area contributed by atoms with E-state index >= 15 is 0 Å². The molecule has 1 aliphatic heterocycles. The summed E-state index contributed by atoms with van der Waals surface area (Å²) in [4.78, 5) is 15.3. The Hall–Kier alpha value is -2.40. The van der Waals surface area contributed by atoms with Crippen molar-refractivity contribution < 1.29 is 9.53 Å². The van der Waals surface area contributed by atoms with Crippen molar-refractivity contribution in [1.29, 1.82) is 0 Å². The summed E-state index contributed by atoms with van der Waals surface area (Å²) in [5.74, 6) is 0.351. The Bertz CT molecular complexity index is 653. The van der Waals surface area contributed by atoms with Crippen molar-refractivity contribution in [2.75, 3.05) is 6.54 Å². The second-order valence-corrected chi connectivity index (χ2v) is 4.77. The summed E-state index contributed by atoms with van der Waals surface area (Å²) < 4.78 is 5.86. The number of primary amides is 1. The van der Waals surface area contributed by atoms with Crippen LogP contribution in [-0.4, -0.2) is 23.5 Å². The predicted molar refractivity (Wildman–Crippen MR) is 75.4 cm³/mol. The molecule has 1 atom stereocenters. The number of rotatable bonds is 3. The minimum atomic E-state index is -0.484. The van der Waals surface area contributed by atoms with E-state index in [4.69, 9.17) is 16.2 Å². The predicted octanol–water partition coefficient (Wildman–Crippen LogP) is 1.11. The maximum absolute atomic E-state index is 11.1. The number of benzene rings is 1. The van der Waals surface area contributed by atoms with Crippen LogP contribution in [-0.2, 0) is 6.42 Å². The Morgan fingerprint density at radius 3 is 2.85 bits per heavy atom. The van der Waals surface area contributed by atoms with E-state index < -0.39 is 5.91 Å². The molecule has 0 spiro atoms. The van der Waals surface area contributed by atoms with Gasteiger partial charge in [-0.25, -0.2) is 0 Å². The highest BCUT2D eigenvalue weighted by atomic mass is 16.5. The van der Waals surface area contributed by atoms with Gasteiger partial charge in [0.05, 0.1) is 11.3 Å². The number of pyridine rings is 1. The summed E-state index contributed by atoms with van der Waals surface area (Å²) in [6.45, 7) is 0.488. The van der Waals surface area contributed by atoms with E-state index in [1.54, 1.807) is 12.1 Å². The lowest BCUT2D eigenvalue weighted by atomic mass is 10.0. The van der Waals surface area contributed by atoms with Crippen molar-refractivity contribution in [3.8, 4) is 17.0 Å². The third-order valence-corrected chi connectivity index (χ3v) is 3.42. The standard InChI is InChI=1S/C15H15N3O2/c16-7-11-6-9-2-1-3-12(14(9)20-11)13-5-4-10(8-18-13)15(17)19/h1-5,8,11H,6-7,16H2,(H2,17,19)/t11-/m0/s1. The fourth-order valence-electron chi connectivity index (χ4n) is 2.37. The monoisotopic (exact) mass is 269 g/mol. The SMILES string of the molecule is NC[C@@H]1Cc2cccc(-c3ccc(C(N)=O)cn3)c2O1. The molecule has 2 heterocycles. The first-order valence-electron chi connectivity index (χ1n) is 6.44. The van der Waals surface area contributed by atoms with Gasteiger partial charge in [-0.2, -0.15) is 0 Å². The molecule has 5 heteroatoms. The normalized spacial score (nSPS) is 16.6. The summed E-state index contributed by atoms with van der Waals surface area (Å²) in [7, 11) is 0. The molecule has 5 nitrogen and oxygen atoms in total. The summed E-state index contributed by atoms with van der Waals surface area (Å²) in [6.07, 6.45) is 2.32. The van der Waals surface area contributed by atoms with Gasteiger partial charge in [-0.05, 0) is 23.8 Å². The Morgan fingerprint density at radius 2 is 2.20 bits per heavy atom. The average Bonchev–Trinajstić information content (AvgIpc) is 2.90. The van der Waals surface area contributed by atoms with Crippen LogP contribution in [0.5, 0.6) is 5.75 Å². The lowest BCUT2D eigenvalue weighted by Gasteiger charge is -2.10. The molecular weight excluding hydrogens is 254 g/mol.